The van der Waals surface area contributed by atoms with E-state index in [0.717, 1.165) is 39.0 Å². The molecule has 1 spiro atoms. The number of nitrogens with zero attached hydrogens (tertiary/aromatic N) is 2. The van der Waals surface area contributed by atoms with Crippen LogP contribution in [0, 0.1) is 11.3 Å². The topological polar surface area (TPSA) is 35.6 Å². The van der Waals surface area contributed by atoms with Crippen LogP contribution in [0.25, 0.3) is 0 Å². The fraction of sp³-hybridized carbons (Fsp3) is 0.929. The van der Waals surface area contributed by atoms with Gasteiger partial charge in [0.05, 0.1) is 0 Å². The summed E-state index contributed by atoms with van der Waals surface area (Å²) in [6, 6.07) is 0.566. The van der Waals surface area contributed by atoms with E-state index in [1.165, 1.54) is 12.8 Å². The van der Waals surface area contributed by atoms with Crippen molar-refractivity contribution >= 4 is 5.91 Å². The van der Waals surface area contributed by atoms with E-state index in [1.807, 2.05) is 0 Å². The third-order valence-electron chi connectivity index (χ3n) is 5.29. The van der Waals surface area contributed by atoms with Gasteiger partial charge in [0.15, 0.2) is 0 Å². The summed E-state index contributed by atoms with van der Waals surface area (Å²) >= 11 is 0. The normalized spacial score (nSPS) is 34.3. The van der Waals surface area contributed by atoms with Gasteiger partial charge in [0.2, 0.25) is 5.91 Å². The van der Waals surface area contributed by atoms with Gasteiger partial charge in [-0.1, -0.05) is 0 Å². The van der Waals surface area contributed by atoms with Crippen molar-refractivity contribution in [2.45, 2.75) is 31.7 Å². The highest BCUT2D eigenvalue weighted by Gasteiger charge is 2.58. The number of likely N-dealkylation sites (N-methyl/N-ethyl adjacent to an activating group) is 1. The molecule has 4 nitrogen and oxygen atoms in total. The summed E-state index contributed by atoms with van der Waals surface area (Å²) in [6.45, 7) is 4.11. The SMILES string of the molecule is CN(C)C1CCN(C(=O)C2CC23CCNCC3)C1. The highest BCUT2D eigenvalue weighted by atomic mass is 16.2. The zero-order chi connectivity index (χ0) is 12.8. The van der Waals surface area contributed by atoms with E-state index >= 15 is 0 Å². The van der Waals surface area contributed by atoms with Crippen LogP contribution in [-0.4, -0.2) is 62.0 Å². The van der Waals surface area contributed by atoms with Gasteiger partial charge < -0.3 is 15.1 Å². The van der Waals surface area contributed by atoms with Gasteiger partial charge in [-0.3, -0.25) is 4.79 Å². The molecule has 2 atom stereocenters. The Morgan fingerprint density at radius 3 is 2.67 bits per heavy atom. The van der Waals surface area contributed by atoms with Crippen LogP contribution >= 0.6 is 0 Å². The number of hydrogen-bond donors (Lipinski definition) is 1. The molecule has 3 fully saturated rings. The predicted octanol–water partition coefficient (Wildman–Crippen LogP) is 0.539. The molecule has 1 amide bonds. The molecule has 0 radical (unpaired) electrons. The van der Waals surface area contributed by atoms with Crippen molar-refractivity contribution < 1.29 is 4.79 Å². The molecule has 0 bridgehead atoms. The number of piperidine rings is 1. The molecule has 102 valence electrons. The van der Waals surface area contributed by atoms with Crippen molar-refractivity contribution in [2.24, 2.45) is 11.3 Å². The summed E-state index contributed by atoms with van der Waals surface area (Å²) in [5.41, 5.74) is 0.387. The van der Waals surface area contributed by atoms with Gasteiger partial charge in [0.25, 0.3) is 0 Å². The Labute approximate surface area is 110 Å². The molecule has 18 heavy (non-hydrogen) atoms. The first-order valence-corrected chi connectivity index (χ1v) is 7.28. The minimum atomic E-state index is 0.348. The lowest BCUT2D eigenvalue weighted by Crippen LogP contribution is -2.37. The van der Waals surface area contributed by atoms with E-state index in [2.05, 4.69) is 29.2 Å². The van der Waals surface area contributed by atoms with Crippen molar-refractivity contribution in [3.05, 3.63) is 0 Å². The van der Waals surface area contributed by atoms with Gasteiger partial charge >= 0.3 is 0 Å². The average Bonchev–Trinajstić information content (AvgIpc) is 2.85. The van der Waals surface area contributed by atoms with Crippen molar-refractivity contribution in [3.8, 4) is 0 Å². The molecule has 2 aliphatic heterocycles. The number of rotatable bonds is 2. The summed E-state index contributed by atoms with van der Waals surface area (Å²) in [6.07, 6.45) is 4.69. The Balaban J connectivity index is 1.57. The second-order valence-corrected chi connectivity index (χ2v) is 6.56. The van der Waals surface area contributed by atoms with Crippen LogP contribution in [0.5, 0.6) is 0 Å². The van der Waals surface area contributed by atoms with Gasteiger partial charge in [0.1, 0.15) is 0 Å². The maximum atomic E-state index is 12.5. The van der Waals surface area contributed by atoms with Crippen LogP contribution in [0.4, 0.5) is 0 Å². The van der Waals surface area contributed by atoms with Crippen LogP contribution in [0.3, 0.4) is 0 Å². The number of likely N-dealkylation sites (tertiary alicyclic amines) is 1. The van der Waals surface area contributed by atoms with E-state index < -0.39 is 0 Å². The van der Waals surface area contributed by atoms with E-state index in [0.29, 0.717) is 23.3 Å². The average molecular weight is 251 g/mol. The Kier molecular flexibility index (Phi) is 3.10. The summed E-state index contributed by atoms with van der Waals surface area (Å²) in [5.74, 6) is 0.793. The molecule has 3 aliphatic rings. The summed E-state index contributed by atoms with van der Waals surface area (Å²) in [5, 5.41) is 3.40. The third-order valence-corrected chi connectivity index (χ3v) is 5.29. The fourth-order valence-corrected chi connectivity index (χ4v) is 3.76. The Morgan fingerprint density at radius 1 is 1.33 bits per heavy atom. The van der Waals surface area contributed by atoms with E-state index in [9.17, 15) is 4.79 Å². The highest BCUT2D eigenvalue weighted by molar-refractivity contribution is 5.83. The van der Waals surface area contributed by atoms with Crippen LogP contribution < -0.4 is 5.32 Å². The lowest BCUT2D eigenvalue weighted by Gasteiger charge is -2.25. The molecular formula is C14H25N3O. The molecule has 2 unspecified atom stereocenters. The quantitative estimate of drug-likeness (QED) is 0.778. The van der Waals surface area contributed by atoms with Gasteiger partial charge in [-0.15, -0.1) is 0 Å². The molecule has 0 aromatic heterocycles. The van der Waals surface area contributed by atoms with Gasteiger partial charge in [-0.25, -0.2) is 0 Å². The third kappa shape index (κ3) is 2.05. The first kappa shape index (κ1) is 12.4. The smallest absolute Gasteiger partial charge is 0.226 e. The van der Waals surface area contributed by atoms with E-state index in [4.69, 9.17) is 0 Å². The molecule has 1 aliphatic carbocycles. The lowest BCUT2D eigenvalue weighted by atomic mass is 9.91. The molecule has 0 aromatic rings. The zero-order valence-electron chi connectivity index (χ0n) is 11.6. The number of carbonyl (C=O) groups is 1. The Bertz CT molecular complexity index is 336. The van der Waals surface area contributed by atoms with Crippen molar-refractivity contribution in [2.75, 3.05) is 40.3 Å². The van der Waals surface area contributed by atoms with Gasteiger partial charge in [-0.05, 0) is 58.3 Å². The highest BCUT2D eigenvalue weighted by Crippen LogP contribution is 2.59. The van der Waals surface area contributed by atoms with Crippen LogP contribution in [0.15, 0.2) is 0 Å². The Hall–Kier alpha value is -0.610. The molecule has 4 heteroatoms. The van der Waals surface area contributed by atoms with E-state index in [-0.39, 0.29) is 0 Å². The number of nitrogens with one attached hydrogen (secondary N) is 1. The van der Waals surface area contributed by atoms with Crippen molar-refractivity contribution in [1.29, 1.82) is 0 Å². The molecule has 2 saturated heterocycles. The first-order valence-electron chi connectivity index (χ1n) is 7.28. The number of carbonyl (C=O) groups excluding carboxylic acids is 1. The van der Waals surface area contributed by atoms with Crippen molar-refractivity contribution in [3.63, 3.8) is 0 Å². The second-order valence-electron chi connectivity index (χ2n) is 6.56. The van der Waals surface area contributed by atoms with Crippen LogP contribution in [0.1, 0.15) is 25.7 Å². The lowest BCUT2D eigenvalue weighted by molar-refractivity contribution is -0.132. The minimum absolute atomic E-state index is 0.348. The molecule has 1 N–H and O–H groups in total. The zero-order valence-corrected chi connectivity index (χ0v) is 11.6. The largest absolute Gasteiger partial charge is 0.341 e. The summed E-state index contributed by atoms with van der Waals surface area (Å²) < 4.78 is 0. The molecular weight excluding hydrogens is 226 g/mol. The van der Waals surface area contributed by atoms with Gasteiger partial charge in [0, 0.05) is 25.0 Å². The Morgan fingerprint density at radius 2 is 2.06 bits per heavy atom. The number of amides is 1. The summed E-state index contributed by atoms with van der Waals surface area (Å²) in [7, 11) is 4.23. The predicted molar refractivity (Wildman–Crippen MR) is 71.3 cm³/mol. The maximum Gasteiger partial charge on any atom is 0.226 e. The summed E-state index contributed by atoms with van der Waals surface area (Å²) in [4.78, 5) is 16.9. The van der Waals surface area contributed by atoms with Crippen LogP contribution in [-0.2, 0) is 4.79 Å². The minimum Gasteiger partial charge on any atom is -0.341 e. The molecule has 1 saturated carbocycles. The first-order chi connectivity index (χ1) is 8.62. The maximum absolute atomic E-state index is 12.5. The molecule has 3 rings (SSSR count). The van der Waals surface area contributed by atoms with Gasteiger partial charge in [-0.2, -0.15) is 0 Å². The van der Waals surface area contributed by atoms with E-state index in [1.54, 1.807) is 0 Å². The fourth-order valence-electron chi connectivity index (χ4n) is 3.76. The molecule has 0 aromatic carbocycles. The number of hydrogen-bond acceptors (Lipinski definition) is 3. The standard InChI is InChI=1S/C14H25N3O/c1-16(2)11-3-8-17(10-11)13(18)12-9-14(12)4-6-15-7-5-14/h11-12,15H,3-10H2,1-2H3. The monoisotopic (exact) mass is 251 g/mol. The van der Waals surface area contributed by atoms with Crippen molar-refractivity contribution in [1.82, 2.24) is 15.1 Å². The molecule has 2 heterocycles. The van der Waals surface area contributed by atoms with Crippen LogP contribution in [0.2, 0.25) is 0 Å². The second kappa shape index (κ2) is 4.49.